The molecule has 1 saturated heterocycles. The molecule has 1 aliphatic carbocycles. The molecule has 2 aromatic rings. The van der Waals surface area contributed by atoms with Gasteiger partial charge in [0.15, 0.2) is 0 Å². The molecule has 4 rings (SSSR count). The largest absolute Gasteiger partial charge is 0.337 e. The molecular weight excluding hydrogens is 321 g/mol. The molecule has 1 aromatic heterocycles. The highest BCUT2D eigenvalue weighted by molar-refractivity contribution is 5.79. The first-order chi connectivity index (χ1) is 12.2. The first-order valence-corrected chi connectivity index (χ1v) is 9.12. The second kappa shape index (κ2) is 6.94. The summed E-state index contributed by atoms with van der Waals surface area (Å²) in [5.74, 6) is 1.01. The quantitative estimate of drug-likeness (QED) is 0.841. The van der Waals surface area contributed by atoms with E-state index >= 15 is 0 Å². The second-order valence-corrected chi connectivity index (χ2v) is 6.99. The zero-order chi connectivity index (χ0) is 17.2. The number of benzene rings is 1. The van der Waals surface area contributed by atoms with Crippen LogP contribution in [0.3, 0.4) is 0 Å². The Hall–Kier alpha value is -2.24. The van der Waals surface area contributed by atoms with Crippen LogP contribution in [-0.2, 0) is 4.79 Å². The summed E-state index contributed by atoms with van der Waals surface area (Å²) in [6.45, 7) is 0.758. The molecule has 25 heavy (non-hydrogen) atoms. The maximum atomic E-state index is 13.1. The van der Waals surface area contributed by atoms with Crippen molar-refractivity contribution in [3.05, 3.63) is 36.0 Å². The van der Waals surface area contributed by atoms with Gasteiger partial charge in [0.2, 0.25) is 17.6 Å². The standard InChI is InChI=1S/C19H22FN3O2/c20-15-10-8-13(9-11-15)17-21-18(25-22-17)16-7-4-12-23(16)19(24)14-5-2-1-3-6-14/h8-11,14,16H,1-7,12H2. The third-order valence-electron chi connectivity index (χ3n) is 5.32. The molecular formula is C19H22FN3O2. The molecule has 5 nitrogen and oxygen atoms in total. The normalized spacial score (nSPS) is 21.6. The topological polar surface area (TPSA) is 59.2 Å². The molecule has 2 fully saturated rings. The van der Waals surface area contributed by atoms with Gasteiger partial charge in [0, 0.05) is 18.0 Å². The number of likely N-dealkylation sites (tertiary alicyclic amines) is 1. The summed E-state index contributed by atoms with van der Waals surface area (Å²) in [5, 5.41) is 4.02. The Kier molecular flexibility index (Phi) is 4.51. The minimum Gasteiger partial charge on any atom is -0.337 e. The lowest BCUT2D eigenvalue weighted by Gasteiger charge is -2.29. The number of aromatic nitrogens is 2. The van der Waals surface area contributed by atoms with Crippen LogP contribution in [0.1, 0.15) is 56.9 Å². The van der Waals surface area contributed by atoms with Gasteiger partial charge in [0.05, 0.1) is 0 Å². The van der Waals surface area contributed by atoms with Crippen molar-refractivity contribution >= 4 is 5.91 Å². The van der Waals surface area contributed by atoms with Crippen molar-refractivity contribution in [2.24, 2.45) is 5.92 Å². The van der Waals surface area contributed by atoms with Crippen LogP contribution < -0.4 is 0 Å². The molecule has 2 heterocycles. The third kappa shape index (κ3) is 3.30. The van der Waals surface area contributed by atoms with Crippen molar-refractivity contribution in [3.63, 3.8) is 0 Å². The Bertz CT molecular complexity index is 737. The fourth-order valence-corrected chi connectivity index (χ4v) is 3.96. The zero-order valence-electron chi connectivity index (χ0n) is 14.2. The number of halogens is 1. The Labute approximate surface area is 146 Å². The van der Waals surface area contributed by atoms with E-state index in [1.54, 1.807) is 12.1 Å². The Morgan fingerprint density at radius 3 is 2.60 bits per heavy atom. The van der Waals surface area contributed by atoms with E-state index in [1.165, 1.54) is 18.6 Å². The molecule has 0 bridgehead atoms. The van der Waals surface area contributed by atoms with E-state index in [2.05, 4.69) is 10.1 Å². The summed E-state index contributed by atoms with van der Waals surface area (Å²) >= 11 is 0. The van der Waals surface area contributed by atoms with Gasteiger partial charge >= 0.3 is 0 Å². The molecule has 2 aliphatic rings. The molecule has 1 amide bonds. The van der Waals surface area contributed by atoms with E-state index in [0.29, 0.717) is 17.3 Å². The van der Waals surface area contributed by atoms with Gasteiger partial charge in [-0.15, -0.1) is 0 Å². The fraction of sp³-hybridized carbons (Fsp3) is 0.526. The number of carbonyl (C=O) groups excluding carboxylic acids is 1. The first kappa shape index (κ1) is 16.2. The molecule has 1 unspecified atom stereocenters. The van der Waals surface area contributed by atoms with E-state index in [0.717, 1.165) is 45.1 Å². The monoisotopic (exact) mass is 343 g/mol. The van der Waals surface area contributed by atoms with E-state index in [1.807, 2.05) is 4.90 Å². The summed E-state index contributed by atoms with van der Waals surface area (Å²) < 4.78 is 18.5. The van der Waals surface area contributed by atoms with E-state index in [9.17, 15) is 9.18 Å². The number of carbonyl (C=O) groups is 1. The second-order valence-electron chi connectivity index (χ2n) is 6.99. The molecule has 6 heteroatoms. The van der Waals surface area contributed by atoms with Gasteiger partial charge < -0.3 is 9.42 Å². The van der Waals surface area contributed by atoms with Crippen molar-refractivity contribution in [2.75, 3.05) is 6.54 Å². The number of nitrogens with zero attached hydrogens (tertiary/aromatic N) is 3. The predicted molar refractivity (Wildman–Crippen MR) is 90.0 cm³/mol. The van der Waals surface area contributed by atoms with Crippen molar-refractivity contribution in [2.45, 2.75) is 51.0 Å². The summed E-state index contributed by atoms with van der Waals surface area (Å²) in [5.41, 5.74) is 0.708. The van der Waals surface area contributed by atoms with Crippen LogP contribution in [0.25, 0.3) is 11.4 Å². The summed E-state index contributed by atoms with van der Waals surface area (Å²) in [7, 11) is 0. The highest BCUT2D eigenvalue weighted by atomic mass is 19.1. The summed E-state index contributed by atoms with van der Waals surface area (Å²) in [4.78, 5) is 19.3. The Morgan fingerprint density at radius 2 is 1.84 bits per heavy atom. The van der Waals surface area contributed by atoms with Crippen LogP contribution in [0.15, 0.2) is 28.8 Å². The molecule has 1 saturated carbocycles. The van der Waals surface area contributed by atoms with Crippen LogP contribution in [0.5, 0.6) is 0 Å². The Morgan fingerprint density at radius 1 is 1.08 bits per heavy atom. The Balaban J connectivity index is 1.52. The number of amides is 1. The number of rotatable bonds is 3. The smallest absolute Gasteiger partial charge is 0.249 e. The van der Waals surface area contributed by atoms with Crippen LogP contribution in [-0.4, -0.2) is 27.5 Å². The maximum Gasteiger partial charge on any atom is 0.249 e. The van der Waals surface area contributed by atoms with Gasteiger partial charge in [0.1, 0.15) is 11.9 Å². The molecule has 0 N–H and O–H groups in total. The van der Waals surface area contributed by atoms with E-state index in [-0.39, 0.29) is 23.7 Å². The van der Waals surface area contributed by atoms with Crippen molar-refractivity contribution < 1.29 is 13.7 Å². The highest BCUT2D eigenvalue weighted by Gasteiger charge is 2.37. The fourth-order valence-electron chi connectivity index (χ4n) is 3.96. The van der Waals surface area contributed by atoms with Gasteiger partial charge in [-0.3, -0.25) is 4.79 Å². The summed E-state index contributed by atoms with van der Waals surface area (Å²) in [6, 6.07) is 5.88. The van der Waals surface area contributed by atoms with Gasteiger partial charge in [0.25, 0.3) is 0 Å². The van der Waals surface area contributed by atoms with Crippen molar-refractivity contribution in [1.82, 2.24) is 15.0 Å². The van der Waals surface area contributed by atoms with Gasteiger partial charge in [-0.05, 0) is 49.9 Å². The third-order valence-corrected chi connectivity index (χ3v) is 5.32. The summed E-state index contributed by atoms with van der Waals surface area (Å²) in [6.07, 6.45) is 7.31. The van der Waals surface area contributed by atoms with Gasteiger partial charge in [-0.2, -0.15) is 4.98 Å². The average Bonchev–Trinajstić information content (AvgIpc) is 3.31. The predicted octanol–water partition coefficient (Wildman–Crippen LogP) is 4.12. The molecule has 1 aliphatic heterocycles. The SMILES string of the molecule is O=C(C1CCCCC1)N1CCCC1c1nc(-c2ccc(F)cc2)no1. The van der Waals surface area contributed by atoms with Gasteiger partial charge in [-0.25, -0.2) is 4.39 Å². The lowest BCUT2D eigenvalue weighted by Crippen LogP contribution is -2.36. The van der Waals surface area contributed by atoms with Crippen LogP contribution in [0.2, 0.25) is 0 Å². The molecule has 132 valence electrons. The number of hydrogen-bond donors (Lipinski definition) is 0. The first-order valence-electron chi connectivity index (χ1n) is 9.12. The molecule has 1 atom stereocenters. The van der Waals surface area contributed by atoms with Crippen molar-refractivity contribution in [1.29, 1.82) is 0 Å². The van der Waals surface area contributed by atoms with Crippen LogP contribution >= 0.6 is 0 Å². The van der Waals surface area contributed by atoms with Crippen molar-refractivity contribution in [3.8, 4) is 11.4 Å². The lowest BCUT2D eigenvalue weighted by molar-refractivity contribution is -0.138. The van der Waals surface area contributed by atoms with E-state index < -0.39 is 0 Å². The average molecular weight is 343 g/mol. The van der Waals surface area contributed by atoms with Crippen LogP contribution in [0.4, 0.5) is 4.39 Å². The van der Waals surface area contributed by atoms with Crippen LogP contribution in [0, 0.1) is 11.7 Å². The molecule has 1 aromatic carbocycles. The molecule has 0 spiro atoms. The minimum absolute atomic E-state index is 0.129. The lowest BCUT2D eigenvalue weighted by atomic mass is 9.88. The van der Waals surface area contributed by atoms with Gasteiger partial charge in [-0.1, -0.05) is 24.4 Å². The maximum absolute atomic E-state index is 13.1. The molecule has 0 radical (unpaired) electrons. The zero-order valence-corrected chi connectivity index (χ0v) is 14.2. The van der Waals surface area contributed by atoms with E-state index in [4.69, 9.17) is 4.52 Å². The number of hydrogen-bond acceptors (Lipinski definition) is 4. The highest BCUT2D eigenvalue weighted by Crippen LogP contribution is 2.35. The minimum atomic E-state index is -0.299.